The van der Waals surface area contributed by atoms with Gasteiger partial charge >= 0.3 is 0 Å². The Morgan fingerprint density at radius 1 is 1.20 bits per heavy atom. The summed E-state index contributed by atoms with van der Waals surface area (Å²) in [5.74, 6) is 0.00458. The van der Waals surface area contributed by atoms with E-state index in [1.165, 1.54) is 31.3 Å². The predicted octanol–water partition coefficient (Wildman–Crippen LogP) is 3.87. The zero-order valence-corrected chi connectivity index (χ0v) is 13.2. The number of nitrogens with one attached hydrogen (secondary N) is 2. The van der Waals surface area contributed by atoms with E-state index in [-0.39, 0.29) is 5.91 Å². The van der Waals surface area contributed by atoms with Gasteiger partial charge in [0.25, 0.3) is 0 Å². The van der Waals surface area contributed by atoms with Gasteiger partial charge in [-0.25, -0.2) is 0 Å². The van der Waals surface area contributed by atoms with Crippen molar-refractivity contribution in [1.82, 2.24) is 5.32 Å². The summed E-state index contributed by atoms with van der Waals surface area (Å²) in [5.41, 5.74) is 2.37. The van der Waals surface area contributed by atoms with Gasteiger partial charge in [-0.1, -0.05) is 27.6 Å². The van der Waals surface area contributed by atoms with Gasteiger partial charge in [-0.05, 0) is 62.9 Å². The summed E-state index contributed by atoms with van der Waals surface area (Å²) in [6.07, 6.45) is 8.51. The van der Waals surface area contributed by atoms with Gasteiger partial charge in [0.05, 0.1) is 6.54 Å². The number of allylic oxidation sites excluding steroid dienone is 1. The van der Waals surface area contributed by atoms with Crippen molar-refractivity contribution in [2.75, 3.05) is 18.4 Å². The topological polar surface area (TPSA) is 41.1 Å². The minimum absolute atomic E-state index is 0.00458. The molecule has 1 aromatic carbocycles. The second-order valence-electron chi connectivity index (χ2n) is 5.09. The molecule has 0 fully saturated rings. The zero-order valence-electron chi connectivity index (χ0n) is 11.6. The fraction of sp³-hybridized carbons (Fsp3) is 0.438. The molecular weight excluding hydrogens is 316 g/mol. The molecule has 0 saturated carbocycles. The van der Waals surface area contributed by atoms with Crippen LogP contribution < -0.4 is 10.6 Å². The molecule has 0 spiro atoms. The average Bonchev–Trinajstić information content (AvgIpc) is 2.47. The summed E-state index contributed by atoms with van der Waals surface area (Å²) in [7, 11) is 0. The third-order valence-corrected chi connectivity index (χ3v) is 3.95. The Morgan fingerprint density at radius 3 is 2.70 bits per heavy atom. The molecule has 0 unspecified atom stereocenters. The van der Waals surface area contributed by atoms with Crippen molar-refractivity contribution >= 4 is 27.5 Å². The van der Waals surface area contributed by atoms with Crippen LogP contribution >= 0.6 is 15.9 Å². The number of rotatable bonds is 6. The molecule has 20 heavy (non-hydrogen) atoms. The van der Waals surface area contributed by atoms with Crippen molar-refractivity contribution in [3.63, 3.8) is 0 Å². The molecule has 2 N–H and O–H groups in total. The van der Waals surface area contributed by atoms with E-state index in [4.69, 9.17) is 0 Å². The van der Waals surface area contributed by atoms with Gasteiger partial charge < -0.3 is 10.6 Å². The van der Waals surface area contributed by atoms with E-state index in [1.54, 1.807) is 0 Å². The number of hydrogen-bond donors (Lipinski definition) is 2. The zero-order chi connectivity index (χ0) is 14.2. The van der Waals surface area contributed by atoms with Crippen LogP contribution in [0.1, 0.15) is 32.1 Å². The van der Waals surface area contributed by atoms with Crippen LogP contribution in [0.4, 0.5) is 5.69 Å². The number of hydrogen-bond acceptors (Lipinski definition) is 2. The van der Waals surface area contributed by atoms with E-state index >= 15 is 0 Å². The van der Waals surface area contributed by atoms with Crippen molar-refractivity contribution in [2.24, 2.45) is 0 Å². The maximum Gasteiger partial charge on any atom is 0.238 e. The SMILES string of the molecule is O=C(CNCCC1=CCCCC1)Nc1ccc(Br)cc1. The number of anilines is 1. The van der Waals surface area contributed by atoms with Gasteiger partial charge in [0.15, 0.2) is 0 Å². The first-order valence-corrected chi connectivity index (χ1v) is 7.97. The van der Waals surface area contributed by atoms with Crippen LogP contribution in [0.25, 0.3) is 0 Å². The lowest BCUT2D eigenvalue weighted by Crippen LogP contribution is -2.29. The number of amides is 1. The number of carbonyl (C=O) groups excluding carboxylic acids is 1. The molecule has 1 aliphatic rings. The fourth-order valence-corrected chi connectivity index (χ4v) is 2.59. The van der Waals surface area contributed by atoms with E-state index in [2.05, 4.69) is 32.6 Å². The summed E-state index contributed by atoms with van der Waals surface area (Å²) in [6, 6.07) is 7.60. The first kappa shape index (κ1) is 15.3. The fourth-order valence-electron chi connectivity index (χ4n) is 2.32. The molecule has 2 rings (SSSR count). The number of benzene rings is 1. The van der Waals surface area contributed by atoms with E-state index in [0.29, 0.717) is 6.54 Å². The van der Waals surface area contributed by atoms with Crippen molar-refractivity contribution in [3.05, 3.63) is 40.4 Å². The Labute approximate surface area is 129 Å². The minimum atomic E-state index is 0.00458. The van der Waals surface area contributed by atoms with Crippen molar-refractivity contribution < 1.29 is 4.79 Å². The second kappa shape index (κ2) is 8.22. The Bertz CT molecular complexity index is 468. The smallest absolute Gasteiger partial charge is 0.238 e. The molecule has 0 atom stereocenters. The van der Waals surface area contributed by atoms with E-state index < -0.39 is 0 Å². The van der Waals surface area contributed by atoms with Gasteiger partial charge in [0.2, 0.25) is 5.91 Å². The monoisotopic (exact) mass is 336 g/mol. The first-order valence-electron chi connectivity index (χ1n) is 7.18. The highest BCUT2D eigenvalue weighted by atomic mass is 79.9. The quantitative estimate of drug-likeness (QED) is 0.611. The lowest BCUT2D eigenvalue weighted by Gasteiger charge is -2.13. The molecule has 1 aromatic rings. The van der Waals surface area contributed by atoms with E-state index in [0.717, 1.165) is 23.1 Å². The molecule has 1 amide bonds. The van der Waals surface area contributed by atoms with Crippen LogP contribution in [0.5, 0.6) is 0 Å². The molecular formula is C16H21BrN2O. The molecule has 0 saturated heterocycles. The van der Waals surface area contributed by atoms with Gasteiger partial charge in [-0.2, -0.15) is 0 Å². The van der Waals surface area contributed by atoms with Crippen LogP contribution in [0, 0.1) is 0 Å². The summed E-state index contributed by atoms with van der Waals surface area (Å²) >= 11 is 3.37. The molecule has 3 nitrogen and oxygen atoms in total. The van der Waals surface area contributed by atoms with Crippen LogP contribution in [0.3, 0.4) is 0 Å². The molecule has 0 aromatic heterocycles. The molecule has 0 radical (unpaired) electrons. The lowest BCUT2D eigenvalue weighted by molar-refractivity contribution is -0.115. The molecule has 108 valence electrons. The number of carbonyl (C=O) groups is 1. The van der Waals surface area contributed by atoms with Gasteiger partial charge in [-0.15, -0.1) is 0 Å². The summed E-state index contributed by atoms with van der Waals surface area (Å²) in [4.78, 5) is 11.7. The average molecular weight is 337 g/mol. The normalized spacial score (nSPS) is 14.8. The Hall–Kier alpha value is -1.13. The molecule has 0 bridgehead atoms. The first-order chi connectivity index (χ1) is 9.74. The van der Waals surface area contributed by atoms with Crippen molar-refractivity contribution in [1.29, 1.82) is 0 Å². The predicted molar refractivity (Wildman–Crippen MR) is 86.8 cm³/mol. The maximum atomic E-state index is 11.7. The third kappa shape index (κ3) is 5.47. The van der Waals surface area contributed by atoms with Gasteiger partial charge in [0, 0.05) is 10.2 Å². The van der Waals surface area contributed by atoms with Crippen molar-refractivity contribution in [3.8, 4) is 0 Å². The third-order valence-electron chi connectivity index (χ3n) is 3.42. The van der Waals surface area contributed by atoms with Gasteiger partial charge in [0.1, 0.15) is 0 Å². The highest BCUT2D eigenvalue weighted by Crippen LogP contribution is 2.19. The molecule has 0 aliphatic heterocycles. The molecule has 0 heterocycles. The van der Waals surface area contributed by atoms with E-state index in [9.17, 15) is 4.79 Å². The van der Waals surface area contributed by atoms with Crippen LogP contribution in [-0.2, 0) is 4.79 Å². The lowest BCUT2D eigenvalue weighted by atomic mass is 9.97. The van der Waals surface area contributed by atoms with Crippen LogP contribution in [0.15, 0.2) is 40.4 Å². The highest BCUT2D eigenvalue weighted by Gasteiger charge is 2.04. The van der Waals surface area contributed by atoms with E-state index in [1.807, 2.05) is 24.3 Å². The standard InChI is InChI=1S/C16H21BrN2O/c17-14-6-8-15(9-7-14)19-16(20)12-18-11-10-13-4-2-1-3-5-13/h4,6-9,18H,1-3,5,10-12H2,(H,19,20). The van der Waals surface area contributed by atoms with Crippen LogP contribution in [-0.4, -0.2) is 19.0 Å². The summed E-state index contributed by atoms with van der Waals surface area (Å²) in [5, 5.41) is 6.07. The summed E-state index contributed by atoms with van der Waals surface area (Å²) in [6.45, 7) is 1.24. The Morgan fingerprint density at radius 2 is 2.00 bits per heavy atom. The van der Waals surface area contributed by atoms with Crippen LogP contribution in [0.2, 0.25) is 0 Å². The summed E-state index contributed by atoms with van der Waals surface area (Å²) < 4.78 is 1.01. The largest absolute Gasteiger partial charge is 0.325 e. The number of halogens is 1. The maximum absolute atomic E-state index is 11.7. The Kier molecular flexibility index (Phi) is 6.27. The van der Waals surface area contributed by atoms with Gasteiger partial charge in [-0.3, -0.25) is 4.79 Å². The minimum Gasteiger partial charge on any atom is -0.325 e. The second-order valence-corrected chi connectivity index (χ2v) is 6.01. The molecule has 1 aliphatic carbocycles. The Balaban J connectivity index is 1.62. The van der Waals surface area contributed by atoms with Crippen molar-refractivity contribution in [2.45, 2.75) is 32.1 Å². The highest BCUT2D eigenvalue weighted by molar-refractivity contribution is 9.10. The molecule has 4 heteroatoms.